The first-order valence-corrected chi connectivity index (χ1v) is 7.43. The van der Waals surface area contributed by atoms with Crippen LogP contribution < -0.4 is 5.32 Å². The fourth-order valence-corrected chi connectivity index (χ4v) is 4.59. The van der Waals surface area contributed by atoms with Crippen molar-refractivity contribution in [1.29, 1.82) is 5.26 Å². The fraction of sp³-hybridized carbons (Fsp3) is 0.846. The van der Waals surface area contributed by atoms with Gasteiger partial charge >= 0.3 is 0 Å². The van der Waals surface area contributed by atoms with Crippen molar-refractivity contribution in [2.75, 3.05) is 0 Å². The van der Waals surface area contributed by atoms with E-state index in [1.165, 1.54) is 32.1 Å². The summed E-state index contributed by atoms with van der Waals surface area (Å²) in [4.78, 5) is 11.1. The molecule has 0 heterocycles. The van der Waals surface area contributed by atoms with Crippen molar-refractivity contribution in [3.05, 3.63) is 0 Å². The number of alkyl halides is 1. The van der Waals surface area contributed by atoms with E-state index < -0.39 is 4.83 Å². The SMILES string of the molecule is N#CC(Br)C(=O)NC1C2CC3CC(C2)CC1C3. The first kappa shape index (κ1) is 11.5. The molecular weight excluding hydrogens is 280 g/mol. The highest BCUT2D eigenvalue weighted by molar-refractivity contribution is 9.10. The van der Waals surface area contributed by atoms with E-state index in [2.05, 4.69) is 21.2 Å². The van der Waals surface area contributed by atoms with E-state index >= 15 is 0 Å². The van der Waals surface area contributed by atoms with Crippen LogP contribution in [0.1, 0.15) is 32.1 Å². The van der Waals surface area contributed by atoms with Gasteiger partial charge in [-0.3, -0.25) is 4.79 Å². The van der Waals surface area contributed by atoms with Crippen molar-refractivity contribution < 1.29 is 4.79 Å². The number of hydrogen-bond acceptors (Lipinski definition) is 2. The van der Waals surface area contributed by atoms with E-state index in [0.717, 1.165) is 11.8 Å². The highest BCUT2D eigenvalue weighted by Crippen LogP contribution is 2.53. The molecule has 4 rings (SSSR count). The van der Waals surface area contributed by atoms with E-state index in [9.17, 15) is 4.79 Å². The van der Waals surface area contributed by atoms with Gasteiger partial charge in [-0.1, -0.05) is 15.9 Å². The van der Waals surface area contributed by atoms with Gasteiger partial charge in [-0.05, 0) is 55.8 Å². The van der Waals surface area contributed by atoms with Crippen molar-refractivity contribution in [2.45, 2.75) is 43.0 Å². The third-order valence-electron chi connectivity index (χ3n) is 4.88. The van der Waals surface area contributed by atoms with E-state index in [-0.39, 0.29) is 5.91 Å². The van der Waals surface area contributed by atoms with Crippen LogP contribution in [0.2, 0.25) is 0 Å². The van der Waals surface area contributed by atoms with Crippen LogP contribution >= 0.6 is 15.9 Å². The van der Waals surface area contributed by atoms with E-state index in [1.54, 1.807) is 0 Å². The summed E-state index contributed by atoms with van der Waals surface area (Å²) in [6, 6.07) is 2.28. The molecule has 1 amide bonds. The van der Waals surface area contributed by atoms with Crippen molar-refractivity contribution in [3.63, 3.8) is 0 Å². The van der Waals surface area contributed by atoms with Gasteiger partial charge in [-0.15, -0.1) is 0 Å². The third kappa shape index (κ3) is 1.99. The van der Waals surface area contributed by atoms with Crippen molar-refractivity contribution in [3.8, 4) is 6.07 Å². The average molecular weight is 297 g/mol. The number of halogens is 1. The summed E-state index contributed by atoms with van der Waals surface area (Å²) in [5.41, 5.74) is 0. The molecule has 92 valence electrons. The smallest absolute Gasteiger partial charge is 0.248 e. The van der Waals surface area contributed by atoms with Crippen molar-refractivity contribution in [1.82, 2.24) is 5.32 Å². The molecule has 0 radical (unpaired) electrons. The van der Waals surface area contributed by atoms with Gasteiger partial charge in [0.2, 0.25) is 5.91 Å². The molecule has 3 nitrogen and oxygen atoms in total. The molecule has 1 unspecified atom stereocenters. The predicted octanol–water partition coefficient (Wildman–Crippen LogP) is 2.21. The number of hydrogen-bond donors (Lipinski definition) is 1. The molecule has 0 spiro atoms. The Morgan fingerprint density at radius 2 is 1.71 bits per heavy atom. The maximum atomic E-state index is 11.8. The fourth-order valence-electron chi connectivity index (χ4n) is 4.46. The summed E-state index contributed by atoms with van der Waals surface area (Å²) in [5, 5.41) is 11.8. The molecule has 4 bridgehead atoms. The van der Waals surface area contributed by atoms with Crippen LogP contribution in [0.4, 0.5) is 0 Å². The average Bonchev–Trinajstić information content (AvgIpc) is 2.31. The van der Waals surface area contributed by atoms with Crippen LogP contribution in [0.5, 0.6) is 0 Å². The number of nitriles is 1. The maximum absolute atomic E-state index is 11.8. The Bertz CT molecular complexity index is 348. The lowest BCUT2D eigenvalue weighted by Gasteiger charge is -2.54. The van der Waals surface area contributed by atoms with Crippen LogP contribution in [0.15, 0.2) is 0 Å². The summed E-state index contributed by atoms with van der Waals surface area (Å²) < 4.78 is 0. The first-order valence-electron chi connectivity index (χ1n) is 6.51. The molecule has 0 aliphatic heterocycles. The third-order valence-corrected chi connectivity index (χ3v) is 5.50. The Labute approximate surface area is 110 Å². The molecule has 4 fully saturated rings. The quantitative estimate of drug-likeness (QED) is 0.795. The lowest BCUT2D eigenvalue weighted by molar-refractivity contribution is -0.123. The Morgan fingerprint density at radius 3 is 2.18 bits per heavy atom. The molecule has 17 heavy (non-hydrogen) atoms. The largest absolute Gasteiger partial charge is 0.351 e. The standard InChI is InChI=1S/C13H17BrN2O/c14-11(6-15)13(17)16-12-9-2-7-1-8(4-9)5-10(12)3-7/h7-12H,1-5H2,(H,16,17). The minimum absolute atomic E-state index is 0.148. The summed E-state index contributed by atoms with van der Waals surface area (Å²) in [6.45, 7) is 0. The number of nitrogens with one attached hydrogen (secondary N) is 1. The molecule has 0 aromatic carbocycles. The van der Waals surface area contributed by atoms with E-state index in [0.29, 0.717) is 17.9 Å². The topological polar surface area (TPSA) is 52.9 Å². The predicted molar refractivity (Wildman–Crippen MR) is 67.3 cm³/mol. The lowest BCUT2D eigenvalue weighted by atomic mass is 9.54. The van der Waals surface area contributed by atoms with Gasteiger partial charge in [0.05, 0.1) is 6.07 Å². The molecule has 4 aliphatic carbocycles. The van der Waals surface area contributed by atoms with Gasteiger partial charge in [-0.25, -0.2) is 0 Å². The molecule has 4 aliphatic rings. The molecule has 0 aromatic heterocycles. The Balaban J connectivity index is 1.69. The monoisotopic (exact) mass is 296 g/mol. The van der Waals surface area contributed by atoms with Crippen LogP contribution in [0, 0.1) is 35.0 Å². The van der Waals surface area contributed by atoms with Crippen LogP contribution in [0.25, 0.3) is 0 Å². The van der Waals surface area contributed by atoms with Gasteiger partial charge < -0.3 is 5.32 Å². The summed E-state index contributed by atoms with van der Waals surface area (Å²) >= 11 is 3.10. The van der Waals surface area contributed by atoms with Gasteiger partial charge in [0, 0.05) is 6.04 Å². The Morgan fingerprint density at radius 1 is 1.18 bits per heavy atom. The van der Waals surface area contributed by atoms with Gasteiger partial charge in [0.15, 0.2) is 4.83 Å². The van der Waals surface area contributed by atoms with Gasteiger partial charge in [0.1, 0.15) is 0 Å². The number of nitrogens with zero attached hydrogens (tertiary/aromatic N) is 1. The second-order valence-corrected chi connectivity index (χ2v) is 6.87. The maximum Gasteiger partial charge on any atom is 0.248 e. The van der Waals surface area contributed by atoms with E-state index in [4.69, 9.17) is 5.26 Å². The Hall–Kier alpha value is -0.560. The number of carbonyl (C=O) groups excluding carboxylic acids is 1. The number of rotatable bonds is 2. The normalized spacial score (nSPS) is 44.1. The molecule has 4 heteroatoms. The molecule has 0 aromatic rings. The zero-order chi connectivity index (χ0) is 12.0. The van der Waals surface area contributed by atoms with Crippen molar-refractivity contribution in [2.24, 2.45) is 23.7 Å². The second-order valence-electron chi connectivity index (χ2n) is 5.96. The molecule has 0 saturated heterocycles. The summed E-state index contributed by atoms with van der Waals surface area (Å²) in [6.07, 6.45) is 6.58. The molecule has 4 saturated carbocycles. The highest BCUT2D eigenvalue weighted by atomic mass is 79.9. The highest BCUT2D eigenvalue weighted by Gasteiger charge is 2.48. The zero-order valence-electron chi connectivity index (χ0n) is 9.73. The number of carbonyl (C=O) groups is 1. The van der Waals surface area contributed by atoms with Crippen LogP contribution in [-0.2, 0) is 4.79 Å². The summed E-state index contributed by atoms with van der Waals surface area (Å²) in [5.74, 6) is 3.04. The lowest BCUT2D eigenvalue weighted by Crippen LogP contribution is -2.56. The zero-order valence-corrected chi connectivity index (χ0v) is 11.3. The first-order chi connectivity index (χ1) is 8.17. The Kier molecular flexibility index (Phi) is 2.90. The minimum atomic E-state index is -0.695. The number of amides is 1. The van der Waals surface area contributed by atoms with Gasteiger partial charge in [-0.2, -0.15) is 5.26 Å². The van der Waals surface area contributed by atoms with Crippen LogP contribution in [-0.4, -0.2) is 16.8 Å². The van der Waals surface area contributed by atoms with Gasteiger partial charge in [0.25, 0.3) is 0 Å². The summed E-state index contributed by atoms with van der Waals surface area (Å²) in [7, 11) is 0. The molecule has 1 N–H and O–H groups in total. The van der Waals surface area contributed by atoms with Crippen LogP contribution in [0.3, 0.4) is 0 Å². The van der Waals surface area contributed by atoms with E-state index in [1.807, 2.05) is 6.07 Å². The minimum Gasteiger partial charge on any atom is -0.351 e. The van der Waals surface area contributed by atoms with Crippen molar-refractivity contribution >= 4 is 21.8 Å². The molecule has 1 atom stereocenters. The molecular formula is C13H17BrN2O. The second kappa shape index (κ2) is 4.28.